The third-order valence-corrected chi connectivity index (χ3v) is 4.14. The van der Waals surface area contributed by atoms with Crippen LogP contribution < -0.4 is 0 Å². The number of carbonyl (C=O) groups is 1. The van der Waals surface area contributed by atoms with E-state index in [1.54, 1.807) is 0 Å². The van der Waals surface area contributed by atoms with Crippen molar-refractivity contribution in [2.24, 2.45) is 0 Å². The molecule has 1 unspecified atom stereocenters. The average Bonchev–Trinajstić information content (AvgIpc) is 2.46. The Morgan fingerprint density at radius 2 is 2.38 bits per heavy atom. The van der Waals surface area contributed by atoms with Crippen LogP contribution in [0.5, 0.6) is 0 Å². The van der Waals surface area contributed by atoms with E-state index >= 15 is 0 Å². The van der Waals surface area contributed by atoms with Gasteiger partial charge in [0.05, 0.1) is 15.8 Å². The van der Waals surface area contributed by atoms with Crippen molar-refractivity contribution < 1.29 is 18.3 Å². The molecule has 0 saturated carbocycles. The molecule has 1 N–H and O–H groups in total. The van der Waals surface area contributed by atoms with Gasteiger partial charge in [0, 0.05) is 0 Å². The number of halogens is 1. The molecule has 1 heterocycles. The summed E-state index contributed by atoms with van der Waals surface area (Å²) < 4.78 is 24.4. The van der Waals surface area contributed by atoms with E-state index in [1.807, 2.05) is 0 Å². The highest BCUT2D eigenvalue weighted by atomic mass is 79.9. The number of hydrogen-bond acceptors (Lipinski definition) is 4. The number of hydrogen-bond donors (Lipinski definition) is 1. The minimum Gasteiger partial charge on any atom is -0.465 e. The van der Waals surface area contributed by atoms with Crippen LogP contribution in [0.2, 0.25) is 0 Å². The first-order valence-electron chi connectivity index (χ1n) is 3.04. The molecule has 13 heavy (non-hydrogen) atoms. The molecule has 0 fully saturated rings. The quantitative estimate of drug-likeness (QED) is 0.665. The molecular weight excluding hydrogens is 280 g/mol. The van der Waals surface area contributed by atoms with E-state index in [1.165, 1.54) is 13.2 Å². The van der Waals surface area contributed by atoms with Crippen LogP contribution in [-0.4, -0.2) is 21.8 Å². The van der Waals surface area contributed by atoms with Crippen molar-refractivity contribution >= 4 is 44.3 Å². The molecule has 7 heteroatoms. The monoisotopic (exact) mass is 284 g/mol. The van der Waals surface area contributed by atoms with Crippen molar-refractivity contribution in [2.45, 2.75) is 4.90 Å². The van der Waals surface area contributed by atoms with Crippen LogP contribution in [0, 0.1) is 0 Å². The van der Waals surface area contributed by atoms with Crippen LogP contribution in [0.15, 0.2) is 14.7 Å². The third-order valence-electron chi connectivity index (χ3n) is 1.23. The van der Waals surface area contributed by atoms with Crippen LogP contribution in [0.3, 0.4) is 0 Å². The lowest BCUT2D eigenvalue weighted by Gasteiger charge is -1.90. The highest BCUT2D eigenvalue weighted by Crippen LogP contribution is 2.30. The van der Waals surface area contributed by atoms with Crippen LogP contribution in [0.1, 0.15) is 9.67 Å². The molecule has 1 rings (SSSR count). The van der Waals surface area contributed by atoms with E-state index < -0.39 is 17.0 Å². The Labute approximate surface area is 89.3 Å². The van der Waals surface area contributed by atoms with Gasteiger partial charge in [-0.1, -0.05) is 0 Å². The normalized spacial score (nSPS) is 12.5. The molecule has 1 atom stereocenters. The van der Waals surface area contributed by atoms with Crippen LogP contribution in [-0.2, 0) is 15.8 Å². The van der Waals surface area contributed by atoms with Gasteiger partial charge in [0.15, 0.2) is 11.1 Å². The molecule has 0 amide bonds. The molecule has 0 spiro atoms. The van der Waals surface area contributed by atoms with Crippen molar-refractivity contribution in [3.8, 4) is 0 Å². The Morgan fingerprint density at radius 1 is 1.77 bits per heavy atom. The first kappa shape index (κ1) is 10.8. The molecular formula is C6H5BrO4S2. The second-order valence-corrected chi connectivity index (χ2v) is 5.30. The first-order valence-corrected chi connectivity index (χ1v) is 5.76. The second-order valence-electron chi connectivity index (χ2n) is 1.99. The summed E-state index contributed by atoms with van der Waals surface area (Å²) in [5, 5.41) is 0. The van der Waals surface area contributed by atoms with Crippen molar-refractivity contribution in [2.75, 3.05) is 7.11 Å². The van der Waals surface area contributed by atoms with Gasteiger partial charge in [-0.3, -0.25) is 0 Å². The van der Waals surface area contributed by atoms with E-state index in [9.17, 15) is 9.00 Å². The van der Waals surface area contributed by atoms with E-state index in [2.05, 4.69) is 20.7 Å². The summed E-state index contributed by atoms with van der Waals surface area (Å²) >= 11 is 2.05. The van der Waals surface area contributed by atoms with Crippen molar-refractivity contribution in [3.05, 3.63) is 14.7 Å². The number of thiophene rings is 1. The number of carbonyl (C=O) groups excluding carboxylic acids is 1. The Morgan fingerprint density at radius 3 is 2.77 bits per heavy atom. The fourth-order valence-electron chi connectivity index (χ4n) is 0.672. The zero-order valence-corrected chi connectivity index (χ0v) is 9.66. The maximum atomic E-state index is 11.0. The Bertz CT molecular complexity index is 360. The molecule has 1 aromatic heterocycles. The molecule has 0 saturated heterocycles. The van der Waals surface area contributed by atoms with Gasteiger partial charge in [-0.2, -0.15) is 0 Å². The lowest BCUT2D eigenvalue weighted by molar-refractivity contribution is 0.0606. The summed E-state index contributed by atoms with van der Waals surface area (Å²) in [7, 11) is 1.26. The van der Waals surface area contributed by atoms with Crippen LogP contribution in [0.4, 0.5) is 0 Å². The minimum absolute atomic E-state index is 0.186. The molecule has 0 aliphatic rings. The average molecular weight is 285 g/mol. The largest absolute Gasteiger partial charge is 0.465 e. The summed E-state index contributed by atoms with van der Waals surface area (Å²) in [6.07, 6.45) is 0. The summed E-state index contributed by atoms with van der Waals surface area (Å²) in [4.78, 5) is 11.5. The fraction of sp³-hybridized carbons (Fsp3) is 0.167. The molecule has 0 aliphatic heterocycles. The molecule has 0 aromatic carbocycles. The van der Waals surface area contributed by atoms with Crippen molar-refractivity contribution in [3.63, 3.8) is 0 Å². The number of ether oxygens (including phenoxy) is 1. The predicted molar refractivity (Wildman–Crippen MR) is 52.4 cm³/mol. The second kappa shape index (κ2) is 4.32. The van der Waals surface area contributed by atoms with Gasteiger partial charge in [-0.15, -0.1) is 11.3 Å². The predicted octanol–water partition coefficient (Wildman–Crippen LogP) is 1.88. The Hall–Kier alpha value is -0.240. The molecule has 72 valence electrons. The number of rotatable bonds is 2. The summed E-state index contributed by atoms with van der Waals surface area (Å²) in [5.74, 6) is -0.512. The first-order chi connectivity index (χ1) is 6.06. The Kier molecular flexibility index (Phi) is 3.60. The van der Waals surface area contributed by atoms with Crippen molar-refractivity contribution in [1.29, 1.82) is 0 Å². The Balaban J connectivity index is 3.09. The smallest absolute Gasteiger partial charge is 0.348 e. The van der Waals surface area contributed by atoms with Gasteiger partial charge in [0.2, 0.25) is 0 Å². The highest BCUT2D eigenvalue weighted by Gasteiger charge is 2.16. The fourth-order valence-corrected chi connectivity index (χ4v) is 3.19. The zero-order valence-electron chi connectivity index (χ0n) is 6.44. The molecule has 1 aromatic rings. The molecule has 0 bridgehead atoms. The summed E-state index contributed by atoms with van der Waals surface area (Å²) in [6, 6.07) is 1.33. The third kappa shape index (κ3) is 2.37. The lowest BCUT2D eigenvalue weighted by Crippen LogP contribution is -1.97. The highest BCUT2D eigenvalue weighted by molar-refractivity contribution is 9.11. The summed E-state index contributed by atoms with van der Waals surface area (Å²) in [5.41, 5.74) is 0. The van der Waals surface area contributed by atoms with Gasteiger partial charge in [-0.05, 0) is 22.0 Å². The van der Waals surface area contributed by atoms with Crippen LogP contribution in [0.25, 0.3) is 0 Å². The van der Waals surface area contributed by atoms with E-state index in [-0.39, 0.29) is 4.90 Å². The van der Waals surface area contributed by atoms with Gasteiger partial charge < -0.3 is 9.29 Å². The minimum atomic E-state index is -2.08. The lowest BCUT2D eigenvalue weighted by atomic mass is 10.5. The zero-order chi connectivity index (χ0) is 10.0. The van der Waals surface area contributed by atoms with Gasteiger partial charge in [-0.25, -0.2) is 9.00 Å². The van der Waals surface area contributed by atoms with Gasteiger partial charge in [0.25, 0.3) is 0 Å². The number of esters is 1. The number of methoxy groups -OCH3 is 1. The standard InChI is InChI=1S/C6H5BrO4S2/c1-11-6(8)3-2-4(13(9)10)5(7)12-3/h2H,1H3,(H,9,10). The van der Waals surface area contributed by atoms with E-state index in [0.29, 0.717) is 8.66 Å². The maximum Gasteiger partial charge on any atom is 0.348 e. The van der Waals surface area contributed by atoms with Gasteiger partial charge in [0.1, 0.15) is 4.88 Å². The van der Waals surface area contributed by atoms with E-state index in [0.717, 1.165) is 11.3 Å². The molecule has 0 aliphatic carbocycles. The topological polar surface area (TPSA) is 63.6 Å². The van der Waals surface area contributed by atoms with E-state index in [4.69, 9.17) is 4.55 Å². The molecule has 4 nitrogen and oxygen atoms in total. The summed E-state index contributed by atoms with van der Waals surface area (Å²) in [6.45, 7) is 0. The van der Waals surface area contributed by atoms with Crippen molar-refractivity contribution in [1.82, 2.24) is 0 Å². The van der Waals surface area contributed by atoms with Crippen LogP contribution >= 0.6 is 27.3 Å². The maximum absolute atomic E-state index is 11.0. The SMILES string of the molecule is COC(=O)c1cc(S(=O)O)c(Br)s1. The molecule has 0 radical (unpaired) electrons. The van der Waals surface area contributed by atoms with Gasteiger partial charge >= 0.3 is 5.97 Å².